The molecule has 1 aliphatic carbocycles. The molecule has 2 N–H and O–H groups in total. The molecule has 5 nitrogen and oxygen atoms in total. The number of sulfonamides is 1. The maximum absolute atomic E-state index is 15.1. The van der Waals surface area contributed by atoms with Gasteiger partial charge in [0.15, 0.2) is 0 Å². The second-order valence-electron chi connectivity index (χ2n) is 11.5. The van der Waals surface area contributed by atoms with Gasteiger partial charge in [-0.1, -0.05) is 49.7 Å². The summed E-state index contributed by atoms with van der Waals surface area (Å²) in [6.07, 6.45) is 4.88. The second-order valence-corrected chi connectivity index (χ2v) is 13.2. The van der Waals surface area contributed by atoms with Gasteiger partial charge < -0.3 is 5.41 Å². The molecule has 0 radical (unpaired) electrons. The predicted molar refractivity (Wildman–Crippen MR) is 151 cm³/mol. The van der Waals surface area contributed by atoms with Gasteiger partial charge in [-0.15, -0.1) is 0 Å². The van der Waals surface area contributed by atoms with Crippen LogP contribution in [0.3, 0.4) is 0 Å². The summed E-state index contributed by atoms with van der Waals surface area (Å²) >= 11 is 0. The largest absolute Gasteiger partial charge is 0.304 e. The summed E-state index contributed by atoms with van der Waals surface area (Å²) in [4.78, 5) is 4.66. The van der Waals surface area contributed by atoms with Crippen LogP contribution in [0.4, 0.5) is 4.39 Å². The Balaban J connectivity index is 1.74. The fraction of sp³-hybridized carbons (Fsp3) is 0.419. The summed E-state index contributed by atoms with van der Waals surface area (Å²) in [6, 6.07) is 16.8. The van der Waals surface area contributed by atoms with Crippen LogP contribution in [0.5, 0.6) is 0 Å². The molecule has 7 heteroatoms. The highest BCUT2D eigenvalue weighted by atomic mass is 32.2. The minimum atomic E-state index is -3.74. The van der Waals surface area contributed by atoms with Gasteiger partial charge in [-0.05, 0) is 93.7 Å². The lowest BCUT2D eigenvalue weighted by atomic mass is 9.77. The summed E-state index contributed by atoms with van der Waals surface area (Å²) in [5.74, 6) is -0.391. The van der Waals surface area contributed by atoms with Crippen LogP contribution in [0.25, 0.3) is 0 Å². The van der Waals surface area contributed by atoms with E-state index >= 15 is 4.39 Å². The van der Waals surface area contributed by atoms with E-state index in [9.17, 15) is 13.8 Å². The number of pyridine rings is 1. The van der Waals surface area contributed by atoms with Crippen molar-refractivity contribution in [1.29, 1.82) is 5.41 Å². The van der Waals surface area contributed by atoms with Crippen molar-refractivity contribution in [2.24, 2.45) is 5.92 Å². The zero-order valence-electron chi connectivity index (χ0n) is 22.9. The zero-order chi connectivity index (χ0) is 27.7. The molecule has 202 valence electrons. The Morgan fingerprint density at radius 3 is 2.37 bits per heavy atom. The Hall–Kier alpha value is -2.90. The quantitative estimate of drug-likeness (QED) is 0.277. The molecule has 1 aromatic heterocycles. The third-order valence-corrected chi connectivity index (χ3v) is 8.87. The molecule has 38 heavy (non-hydrogen) atoms. The lowest BCUT2D eigenvalue weighted by Crippen LogP contribution is -2.40. The maximum Gasteiger partial charge on any atom is 0.242 e. The minimum Gasteiger partial charge on any atom is -0.304 e. The molecule has 2 unspecified atom stereocenters. The van der Waals surface area contributed by atoms with Crippen molar-refractivity contribution < 1.29 is 12.8 Å². The topological polar surface area (TPSA) is 82.9 Å². The number of rotatable bonds is 10. The van der Waals surface area contributed by atoms with Crippen LogP contribution < -0.4 is 4.72 Å². The molecule has 1 heterocycles. The molecule has 1 fully saturated rings. The molecule has 1 aliphatic rings. The van der Waals surface area contributed by atoms with Crippen molar-refractivity contribution in [1.82, 2.24) is 9.71 Å². The highest BCUT2D eigenvalue weighted by Crippen LogP contribution is 2.42. The molecule has 0 amide bonds. The standard InChI is InChI=1S/C31H38FN3O2S/c1-6-22(17-21-10-8-7-9-11-21)29(28-15-14-24(19-34-28)38(36,37)35-31(3,4)5)30(33)25-18-27(32)26(16-20(25)2)23-12-13-23/h7-11,14-16,18-19,22-23,29,33,35H,6,12-13,17H2,1-5H3. The van der Waals surface area contributed by atoms with Gasteiger partial charge in [0.2, 0.25) is 10.0 Å². The van der Waals surface area contributed by atoms with Crippen LogP contribution in [0.2, 0.25) is 0 Å². The summed E-state index contributed by atoms with van der Waals surface area (Å²) in [7, 11) is -3.74. The molecule has 3 aromatic rings. The predicted octanol–water partition coefficient (Wildman–Crippen LogP) is 6.90. The van der Waals surface area contributed by atoms with Gasteiger partial charge in [-0.25, -0.2) is 17.5 Å². The van der Waals surface area contributed by atoms with E-state index in [2.05, 4.69) is 28.8 Å². The number of aryl methyl sites for hydroxylation is 1. The first-order valence-electron chi connectivity index (χ1n) is 13.3. The Bertz CT molecular complexity index is 1390. The second kappa shape index (κ2) is 11.1. The number of halogens is 1. The normalized spacial score (nSPS) is 15.7. The van der Waals surface area contributed by atoms with Gasteiger partial charge in [-0.2, -0.15) is 0 Å². The van der Waals surface area contributed by atoms with Gasteiger partial charge in [0.05, 0.1) is 0 Å². The Morgan fingerprint density at radius 1 is 1.13 bits per heavy atom. The fourth-order valence-corrected chi connectivity index (χ4v) is 6.47. The summed E-state index contributed by atoms with van der Waals surface area (Å²) < 4.78 is 43.5. The van der Waals surface area contributed by atoms with Crippen molar-refractivity contribution in [3.8, 4) is 0 Å². The van der Waals surface area contributed by atoms with E-state index in [1.54, 1.807) is 32.9 Å². The number of hydrogen-bond acceptors (Lipinski definition) is 4. The lowest BCUT2D eigenvalue weighted by molar-refractivity contribution is 0.467. The SMILES string of the molecule is CCC(Cc1ccccc1)C(C(=N)c1cc(F)c(C2CC2)cc1C)c1ccc(S(=O)(=O)NC(C)(C)C)cn1. The van der Waals surface area contributed by atoms with Gasteiger partial charge in [-0.3, -0.25) is 4.98 Å². The molecule has 0 spiro atoms. The molecule has 2 atom stereocenters. The number of aromatic nitrogens is 1. The molecular weight excluding hydrogens is 497 g/mol. The third-order valence-electron chi connectivity index (χ3n) is 7.13. The first kappa shape index (κ1) is 28.1. The number of benzene rings is 2. The van der Waals surface area contributed by atoms with Crippen LogP contribution in [-0.2, 0) is 16.4 Å². The highest BCUT2D eigenvalue weighted by Gasteiger charge is 2.32. The number of nitrogens with zero attached hydrogens (tertiary/aromatic N) is 1. The Morgan fingerprint density at radius 2 is 1.82 bits per heavy atom. The molecule has 0 aliphatic heterocycles. The van der Waals surface area contributed by atoms with E-state index < -0.39 is 21.5 Å². The molecule has 0 bridgehead atoms. The van der Waals surface area contributed by atoms with Gasteiger partial charge in [0, 0.05) is 34.6 Å². The van der Waals surface area contributed by atoms with Crippen molar-refractivity contribution in [3.05, 3.63) is 94.6 Å². The van der Waals surface area contributed by atoms with Gasteiger partial charge >= 0.3 is 0 Å². The van der Waals surface area contributed by atoms with Crippen LogP contribution in [-0.4, -0.2) is 24.7 Å². The maximum atomic E-state index is 15.1. The summed E-state index contributed by atoms with van der Waals surface area (Å²) in [6.45, 7) is 9.38. The first-order valence-corrected chi connectivity index (χ1v) is 14.8. The van der Waals surface area contributed by atoms with E-state index in [1.807, 2.05) is 31.2 Å². The molecular formula is C31H38FN3O2S. The smallest absolute Gasteiger partial charge is 0.242 e. The average molecular weight is 536 g/mol. The van der Waals surface area contributed by atoms with Crippen LogP contribution in [0.1, 0.15) is 86.7 Å². The summed E-state index contributed by atoms with van der Waals surface area (Å²) in [5, 5.41) is 9.31. The van der Waals surface area contributed by atoms with E-state index in [0.29, 0.717) is 17.0 Å². The zero-order valence-corrected chi connectivity index (χ0v) is 23.7. The van der Waals surface area contributed by atoms with Crippen LogP contribution in [0, 0.1) is 24.1 Å². The van der Waals surface area contributed by atoms with Crippen molar-refractivity contribution in [2.75, 3.05) is 0 Å². The highest BCUT2D eigenvalue weighted by molar-refractivity contribution is 7.89. The van der Waals surface area contributed by atoms with Crippen molar-refractivity contribution >= 4 is 15.7 Å². The monoisotopic (exact) mass is 535 g/mol. The van der Waals surface area contributed by atoms with Crippen molar-refractivity contribution in [3.63, 3.8) is 0 Å². The van der Waals surface area contributed by atoms with E-state index in [4.69, 9.17) is 0 Å². The molecule has 4 rings (SSSR count). The van der Waals surface area contributed by atoms with Gasteiger partial charge in [0.25, 0.3) is 0 Å². The molecule has 0 saturated heterocycles. The minimum absolute atomic E-state index is 0.0122. The molecule has 2 aromatic carbocycles. The van der Waals surface area contributed by atoms with Crippen LogP contribution in [0.15, 0.2) is 65.7 Å². The van der Waals surface area contributed by atoms with E-state index in [0.717, 1.165) is 42.4 Å². The van der Waals surface area contributed by atoms with Crippen LogP contribution >= 0.6 is 0 Å². The fourth-order valence-electron chi connectivity index (χ4n) is 5.11. The molecule has 1 saturated carbocycles. The third kappa shape index (κ3) is 6.56. The van der Waals surface area contributed by atoms with E-state index in [-0.39, 0.29) is 22.5 Å². The first-order chi connectivity index (χ1) is 17.9. The Kier molecular flexibility index (Phi) is 8.19. The summed E-state index contributed by atoms with van der Waals surface area (Å²) in [5.41, 5.74) is 3.65. The number of hydrogen-bond donors (Lipinski definition) is 2. The average Bonchev–Trinajstić information content (AvgIpc) is 3.69. The Labute approximate surface area is 226 Å². The lowest BCUT2D eigenvalue weighted by Gasteiger charge is -2.28. The van der Waals surface area contributed by atoms with Crippen molar-refractivity contribution in [2.45, 2.75) is 82.6 Å². The number of nitrogens with one attached hydrogen (secondary N) is 2. The van der Waals surface area contributed by atoms with E-state index in [1.165, 1.54) is 12.3 Å². The van der Waals surface area contributed by atoms with Gasteiger partial charge in [0.1, 0.15) is 10.7 Å².